The van der Waals surface area contributed by atoms with Gasteiger partial charge in [0.15, 0.2) is 11.5 Å². The monoisotopic (exact) mass is 228 g/mol. The van der Waals surface area contributed by atoms with E-state index in [9.17, 15) is 5.11 Å². The molecule has 0 aliphatic rings. The van der Waals surface area contributed by atoms with E-state index in [1.54, 1.807) is 16.6 Å². The first-order chi connectivity index (χ1) is 8.29. The number of benzene rings is 1. The lowest BCUT2D eigenvalue weighted by atomic mass is 10.2. The second kappa shape index (κ2) is 3.62. The van der Waals surface area contributed by atoms with Crippen LogP contribution in [0.4, 0.5) is 0 Å². The Morgan fingerprint density at radius 3 is 2.94 bits per heavy atom. The molecule has 1 aromatic carbocycles. The van der Waals surface area contributed by atoms with Crippen LogP contribution in [0, 0.1) is 0 Å². The fraction of sp³-hybridized carbons (Fsp3) is 0.167. The van der Waals surface area contributed by atoms with Gasteiger partial charge in [-0.25, -0.2) is 0 Å². The van der Waals surface area contributed by atoms with Crippen molar-refractivity contribution in [3.63, 3.8) is 0 Å². The largest absolute Gasteiger partial charge is 0.507 e. The van der Waals surface area contributed by atoms with Gasteiger partial charge in [0.05, 0.1) is 11.3 Å². The third kappa shape index (κ3) is 1.47. The minimum Gasteiger partial charge on any atom is -0.507 e. The first-order valence-corrected chi connectivity index (χ1v) is 5.51. The molecule has 0 spiro atoms. The standard InChI is InChI=1S/C12H12N4O/c1-2-8-7-11-13-14-12(16(11)15-8)9-5-3-4-6-10(9)17/h3-7,13,17H,2H2,1H3. The molecule has 2 N–H and O–H groups in total. The summed E-state index contributed by atoms with van der Waals surface area (Å²) in [4.78, 5) is 0. The van der Waals surface area contributed by atoms with E-state index in [4.69, 9.17) is 0 Å². The smallest absolute Gasteiger partial charge is 0.186 e. The van der Waals surface area contributed by atoms with Crippen LogP contribution in [0.2, 0.25) is 0 Å². The molecule has 2 aromatic heterocycles. The van der Waals surface area contributed by atoms with E-state index in [1.807, 2.05) is 18.2 Å². The summed E-state index contributed by atoms with van der Waals surface area (Å²) in [6, 6.07) is 9.05. The molecule has 0 bridgehead atoms. The van der Waals surface area contributed by atoms with Crippen molar-refractivity contribution in [2.75, 3.05) is 0 Å². The number of nitrogens with zero attached hydrogens (tertiary/aromatic N) is 3. The van der Waals surface area contributed by atoms with Gasteiger partial charge in [-0.3, -0.25) is 5.10 Å². The van der Waals surface area contributed by atoms with E-state index in [1.165, 1.54) is 0 Å². The molecular formula is C12H12N4O. The highest BCUT2D eigenvalue weighted by atomic mass is 16.3. The quantitative estimate of drug-likeness (QED) is 0.705. The number of para-hydroxylation sites is 1. The number of hydrogen-bond donors (Lipinski definition) is 2. The Hall–Kier alpha value is -2.30. The van der Waals surface area contributed by atoms with Crippen molar-refractivity contribution in [3.05, 3.63) is 36.0 Å². The Labute approximate surface area is 97.7 Å². The minimum atomic E-state index is 0.203. The molecule has 0 saturated heterocycles. The molecule has 86 valence electrons. The predicted molar refractivity (Wildman–Crippen MR) is 63.8 cm³/mol. The van der Waals surface area contributed by atoms with E-state index in [-0.39, 0.29) is 5.75 Å². The van der Waals surface area contributed by atoms with Crippen molar-refractivity contribution in [3.8, 4) is 17.1 Å². The van der Waals surface area contributed by atoms with Crippen molar-refractivity contribution in [2.24, 2.45) is 0 Å². The molecule has 0 aliphatic heterocycles. The van der Waals surface area contributed by atoms with E-state index in [0.29, 0.717) is 11.4 Å². The number of rotatable bonds is 2. The number of nitrogens with one attached hydrogen (secondary N) is 1. The van der Waals surface area contributed by atoms with Crippen molar-refractivity contribution in [1.29, 1.82) is 0 Å². The Bertz CT molecular complexity index is 668. The maximum Gasteiger partial charge on any atom is 0.186 e. The van der Waals surface area contributed by atoms with Crippen LogP contribution in [0.1, 0.15) is 12.6 Å². The third-order valence-electron chi connectivity index (χ3n) is 2.74. The number of hydrogen-bond acceptors (Lipinski definition) is 3. The molecule has 2 heterocycles. The number of aromatic hydroxyl groups is 1. The van der Waals surface area contributed by atoms with E-state index >= 15 is 0 Å². The van der Waals surface area contributed by atoms with E-state index in [2.05, 4.69) is 22.2 Å². The van der Waals surface area contributed by atoms with Gasteiger partial charge in [-0.05, 0) is 18.6 Å². The highest BCUT2D eigenvalue weighted by Crippen LogP contribution is 2.27. The highest BCUT2D eigenvalue weighted by molar-refractivity contribution is 5.65. The average molecular weight is 228 g/mol. The van der Waals surface area contributed by atoms with Gasteiger partial charge in [-0.15, -0.1) is 0 Å². The van der Waals surface area contributed by atoms with Crippen LogP contribution in [0.3, 0.4) is 0 Å². The molecule has 5 nitrogen and oxygen atoms in total. The van der Waals surface area contributed by atoms with Crippen molar-refractivity contribution < 1.29 is 5.11 Å². The topological polar surface area (TPSA) is 66.2 Å². The minimum absolute atomic E-state index is 0.203. The number of aryl methyl sites for hydroxylation is 1. The molecule has 0 amide bonds. The summed E-state index contributed by atoms with van der Waals surface area (Å²) in [5, 5.41) is 21.3. The van der Waals surface area contributed by atoms with Crippen LogP contribution in [-0.2, 0) is 6.42 Å². The molecule has 0 atom stereocenters. The number of fused-ring (bicyclic) bond motifs is 1. The maximum atomic E-state index is 9.81. The lowest BCUT2D eigenvalue weighted by Crippen LogP contribution is -1.92. The lowest BCUT2D eigenvalue weighted by molar-refractivity contribution is 0.476. The second-order valence-corrected chi connectivity index (χ2v) is 3.85. The van der Waals surface area contributed by atoms with E-state index in [0.717, 1.165) is 17.8 Å². The summed E-state index contributed by atoms with van der Waals surface area (Å²) < 4.78 is 1.72. The van der Waals surface area contributed by atoms with E-state index < -0.39 is 0 Å². The van der Waals surface area contributed by atoms with Crippen LogP contribution in [0.25, 0.3) is 17.0 Å². The van der Waals surface area contributed by atoms with Crippen LogP contribution >= 0.6 is 0 Å². The first-order valence-electron chi connectivity index (χ1n) is 5.51. The van der Waals surface area contributed by atoms with Gasteiger partial charge in [0.2, 0.25) is 0 Å². The van der Waals surface area contributed by atoms with Gasteiger partial charge in [0, 0.05) is 6.07 Å². The number of H-pyrrole nitrogens is 1. The normalized spacial score (nSPS) is 11.1. The average Bonchev–Trinajstić information content (AvgIpc) is 2.89. The highest BCUT2D eigenvalue weighted by Gasteiger charge is 2.13. The number of aromatic nitrogens is 4. The molecule has 0 fully saturated rings. The summed E-state index contributed by atoms with van der Waals surface area (Å²) in [6.45, 7) is 2.05. The van der Waals surface area contributed by atoms with Crippen molar-refractivity contribution >= 4 is 5.65 Å². The number of phenolic OH excluding ortho intramolecular Hbond substituents is 1. The first kappa shape index (κ1) is 9.89. The van der Waals surface area contributed by atoms with Crippen molar-refractivity contribution in [2.45, 2.75) is 13.3 Å². The van der Waals surface area contributed by atoms with Gasteiger partial charge < -0.3 is 5.11 Å². The fourth-order valence-corrected chi connectivity index (χ4v) is 1.84. The molecule has 3 aromatic rings. The molecule has 0 saturated carbocycles. The molecule has 3 rings (SSSR count). The molecule has 5 heteroatoms. The Morgan fingerprint density at radius 1 is 1.35 bits per heavy atom. The molecular weight excluding hydrogens is 216 g/mol. The van der Waals surface area contributed by atoms with Crippen LogP contribution in [-0.4, -0.2) is 24.9 Å². The number of aromatic amines is 1. The zero-order valence-electron chi connectivity index (χ0n) is 9.38. The van der Waals surface area contributed by atoms with Gasteiger partial charge >= 0.3 is 0 Å². The zero-order chi connectivity index (χ0) is 11.8. The van der Waals surface area contributed by atoms with Crippen LogP contribution in [0.15, 0.2) is 30.3 Å². The summed E-state index contributed by atoms with van der Waals surface area (Å²) in [5.74, 6) is 0.826. The van der Waals surface area contributed by atoms with Crippen LogP contribution < -0.4 is 0 Å². The summed E-state index contributed by atoms with van der Waals surface area (Å²) >= 11 is 0. The Morgan fingerprint density at radius 2 is 2.18 bits per heavy atom. The van der Waals surface area contributed by atoms with Gasteiger partial charge in [0.1, 0.15) is 5.75 Å². The van der Waals surface area contributed by atoms with Gasteiger partial charge in [-0.1, -0.05) is 19.1 Å². The molecule has 0 aliphatic carbocycles. The van der Waals surface area contributed by atoms with Gasteiger partial charge in [0.25, 0.3) is 0 Å². The lowest BCUT2D eigenvalue weighted by Gasteiger charge is -1.99. The van der Waals surface area contributed by atoms with Crippen LogP contribution in [0.5, 0.6) is 5.75 Å². The molecule has 0 unspecified atom stereocenters. The maximum absolute atomic E-state index is 9.81. The van der Waals surface area contributed by atoms with Gasteiger partial charge in [-0.2, -0.15) is 14.7 Å². The Balaban J connectivity index is 2.23. The third-order valence-corrected chi connectivity index (χ3v) is 2.74. The summed E-state index contributed by atoms with van der Waals surface area (Å²) in [7, 11) is 0. The zero-order valence-corrected chi connectivity index (χ0v) is 9.38. The predicted octanol–water partition coefficient (Wildman–Crippen LogP) is 1.99. The summed E-state index contributed by atoms with van der Waals surface area (Å²) in [5.41, 5.74) is 2.50. The van der Waals surface area contributed by atoms with Crippen molar-refractivity contribution in [1.82, 2.24) is 19.8 Å². The Kier molecular flexibility index (Phi) is 2.11. The number of phenols is 1. The summed E-state index contributed by atoms with van der Waals surface area (Å²) in [6.07, 6.45) is 0.871. The molecule has 0 radical (unpaired) electrons. The SMILES string of the molecule is CCc1cc2[nH]nc(-c3ccccc3O)n2n1. The second-order valence-electron chi connectivity index (χ2n) is 3.85. The molecule has 17 heavy (non-hydrogen) atoms. The fourth-order valence-electron chi connectivity index (χ4n) is 1.84.